The molecule has 0 aliphatic rings. The lowest BCUT2D eigenvalue weighted by molar-refractivity contribution is 0.479. The Labute approximate surface area is 123 Å². The lowest BCUT2D eigenvalue weighted by Gasteiger charge is -2.30. The molecule has 0 saturated carbocycles. The van der Waals surface area contributed by atoms with E-state index in [4.69, 9.17) is 5.14 Å². The molecule has 1 N–H and O–H groups in total. The van der Waals surface area contributed by atoms with E-state index in [9.17, 15) is 8.42 Å². The van der Waals surface area contributed by atoms with Crippen LogP contribution in [0.2, 0.25) is 0 Å². The molecule has 1 radical (unpaired) electrons. The zero-order valence-corrected chi connectivity index (χ0v) is 14.2. The highest BCUT2D eigenvalue weighted by molar-refractivity contribution is 7.88. The van der Waals surface area contributed by atoms with Crippen LogP contribution in [-0.2, 0) is 20.9 Å². The van der Waals surface area contributed by atoms with Crippen molar-refractivity contribution in [3.63, 3.8) is 0 Å². The Kier molecular flexibility index (Phi) is 4.72. The lowest BCUT2D eigenvalue weighted by Crippen LogP contribution is -2.23. The van der Waals surface area contributed by atoms with E-state index in [1.807, 2.05) is 32.9 Å². The average molecular weight is 296 g/mol. The van der Waals surface area contributed by atoms with Crippen LogP contribution in [0.3, 0.4) is 0 Å². The first-order valence-electron chi connectivity index (χ1n) is 7.10. The molecule has 0 aliphatic heterocycles. The van der Waals surface area contributed by atoms with Crippen LogP contribution in [0.15, 0.2) is 23.1 Å². The number of sulfonamides is 1. The highest BCUT2D eigenvalue weighted by atomic mass is 32.2. The minimum absolute atomic E-state index is 0.00287. The number of rotatable bonds is 5. The SMILES string of the molecule is CCC(C)(C)c1ccc(S([NH])(=O)=O)c(C(C)(C)CC)c1. The second-order valence-corrected chi connectivity index (χ2v) is 8.14. The topological polar surface area (TPSA) is 57.9 Å². The maximum absolute atomic E-state index is 11.7. The fourth-order valence-corrected chi connectivity index (χ4v) is 2.98. The quantitative estimate of drug-likeness (QED) is 0.823. The monoisotopic (exact) mass is 296 g/mol. The third-order valence-electron chi connectivity index (χ3n) is 4.55. The van der Waals surface area contributed by atoms with Gasteiger partial charge < -0.3 is 0 Å². The van der Waals surface area contributed by atoms with Gasteiger partial charge in [-0.2, -0.15) is 0 Å². The molecule has 0 aliphatic carbocycles. The Bertz CT molecular complexity index is 586. The fraction of sp³-hybridized carbons (Fsp3) is 0.625. The summed E-state index contributed by atoms with van der Waals surface area (Å²) in [6, 6.07) is 5.43. The molecule has 3 nitrogen and oxygen atoms in total. The molecule has 1 aromatic carbocycles. The van der Waals surface area contributed by atoms with Gasteiger partial charge in [0.2, 0.25) is 0 Å². The Morgan fingerprint density at radius 1 is 1.00 bits per heavy atom. The molecule has 4 heteroatoms. The molecule has 0 spiro atoms. The van der Waals surface area contributed by atoms with Gasteiger partial charge in [0.1, 0.15) is 0 Å². The van der Waals surface area contributed by atoms with Crippen molar-refractivity contribution in [2.24, 2.45) is 0 Å². The molecule has 0 atom stereocenters. The fourth-order valence-electron chi connectivity index (χ4n) is 2.11. The Morgan fingerprint density at radius 2 is 1.50 bits per heavy atom. The maximum Gasteiger partial charge on any atom is 0.254 e. The summed E-state index contributed by atoms with van der Waals surface area (Å²) in [6.45, 7) is 12.5. The van der Waals surface area contributed by atoms with Crippen molar-refractivity contribution in [2.45, 2.75) is 70.1 Å². The first-order valence-corrected chi connectivity index (χ1v) is 8.58. The van der Waals surface area contributed by atoms with Crippen molar-refractivity contribution in [1.82, 2.24) is 5.14 Å². The van der Waals surface area contributed by atoms with Gasteiger partial charge in [-0.15, -0.1) is 5.14 Å². The van der Waals surface area contributed by atoms with Crippen LogP contribution >= 0.6 is 0 Å². The molecular weight excluding hydrogens is 270 g/mol. The van der Waals surface area contributed by atoms with Crippen LogP contribution in [0.5, 0.6) is 0 Å². The van der Waals surface area contributed by atoms with Crippen molar-refractivity contribution in [2.75, 3.05) is 0 Å². The molecule has 0 saturated heterocycles. The summed E-state index contributed by atoms with van der Waals surface area (Å²) < 4.78 is 23.4. The third kappa shape index (κ3) is 3.41. The second-order valence-electron chi connectivity index (χ2n) is 6.69. The predicted molar refractivity (Wildman–Crippen MR) is 83.4 cm³/mol. The summed E-state index contributed by atoms with van der Waals surface area (Å²) in [4.78, 5) is 0.139. The van der Waals surface area contributed by atoms with Crippen LogP contribution in [0.25, 0.3) is 0 Å². The first-order chi connectivity index (χ1) is 8.95. The van der Waals surface area contributed by atoms with Gasteiger partial charge in [0.25, 0.3) is 10.0 Å². The standard InChI is InChI=1S/C16H26NO2S/c1-7-15(3,4)12-9-10-14(20(17,18)19)13(11-12)16(5,6)8-2/h9-11,17H,7-8H2,1-6H3. The van der Waals surface area contributed by atoms with Crippen LogP contribution in [0.4, 0.5) is 0 Å². The number of benzene rings is 1. The highest BCUT2D eigenvalue weighted by Crippen LogP contribution is 2.36. The molecule has 0 heterocycles. The summed E-state index contributed by atoms with van der Waals surface area (Å²) in [5.74, 6) is 0. The van der Waals surface area contributed by atoms with E-state index in [-0.39, 0.29) is 15.7 Å². The number of nitrogens with one attached hydrogen (secondary N) is 1. The molecule has 0 fully saturated rings. The summed E-state index contributed by atoms with van der Waals surface area (Å²) in [7, 11) is -3.95. The van der Waals surface area contributed by atoms with Crippen LogP contribution in [0, 0.1) is 0 Å². The maximum atomic E-state index is 11.7. The summed E-state index contributed by atoms with van der Waals surface area (Å²) in [5.41, 5.74) is 1.63. The molecule has 0 bridgehead atoms. The van der Waals surface area contributed by atoms with Gasteiger partial charge in [0.15, 0.2) is 0 Å². The third-order valence-corrected chi connectivity index (χ3v) is 5.48. The summed E-state index contributed by atoms with van der Waals surface area (Å²) in [6.07, 6.45) is 1.80. The van der Waals surface area contributed by atoms with Gasteiger partial charge in [0, 0.05) is 0 Å². The van der Waals surface area contributed by atoms with Crippen LogP contribution in [0.1, 0.15) is 65.5 Å². The molecule has 113 valence electrons. The smallest absolute Gasteiger partial charge is 0.206 e. The predicted octanol–water partition coefficient (Wildman–Crippen LogP) is 4.03. The van der Waals surface area contributed by atoms with Gasteiger partial charge in [-0.25, -0.2) is 8.42 Å². The molecular formula is C16H26NO2S. The van der Waals surface area contributed by atoms with Gasteiger partial charge in [-0.05, 0) is 40.9 Å². The molecule has 1 aromatic rings. The lowest BCUT2D eigenvalue weighted by atomic mass is 9.77. The van der Waals surface area contributed by atoms with E-state index in [2.05, 4.69) is 20.8 Å². The zero-order chi connectivity index (χ0) is 15.8. The minimum atomic E-state index is -3.95. The van der Waals surface area contributed by atoms with Crippen molar-refractivity contribution < 1.29 is 8.42 Å². The largest absolute Gasteiger partial charge is 0.254 e. The zero-order valence-electron chi connectivity index (χ0n) is 13.4. The molecule has 1 rings (SSSR count). The highest BCUT2D eigenvalue weighted by Gasteiger charge is 2.29. The van der Waals surface area contributed by atoms with Crippen molar-refractivity contribution in [3.8, 4) is 0 Å². The van der Waals surface area contributed by atoms with Gasteiger partial charge in [0.05, 0.1) is 4.90 Å². The van der Waals surface area contributed by atoms with Gasteiger partial charge >= 0.3 is 0 Å². The number of hydrogen-bond donors (Lipinski definition) is 0. The number of hydrogen-bond acceptors (Lipinski definition) is 2. The average Bonchev–Trinajstić information content (AvgIpc) is 2.37. The van der Waals surface area contributed by atoms with Gasteiger partial charge in [-0.1, -0.05) is 53.7 Å². The van der Waals surface area contributed by atoms with Gasteiger partial charge in [-0.3, -0.25) is 0 Å². The van der Waals surface area contributed by atoms with E-state index in [0.29, 0.717) is 0 Å². The van der Waals surface area contributed by atoms with Crippen LogP contribution < -0.4 is 5.14 Å². The van der Waals surface area contributed by atoms with E-state index >= 15 is 0 Å². The molecule has 20 heavy (non-hydrogen) atoms. The minimum Gasteiger partial charge on any atom is -0.206 e. The molecule has 0 unspecified atom stereocenters. The Morgan fingerprint density at radius 3 is 1.90 bits per heavy atom. The summed E-state index contributed by atoms with van der Waals surface area (Å²) >= 11 is 0. The van der Waals surface area contributed by atoms with Crippen molar-refractivity contribution in [3.05, 3.63) is 29.3 Å². The normalized spacial score (nSPS) is 13.6. The summed E-state index contributed by atoms with van der Waals surface area (Å²) in [5, 5.41) is 7.41. The Balaban J connectivity index is 3.62. The van der Waals surface area contributed by atoms with E-state index < -0.39 is 10.0 Å². The first kappa shape index (κ1) is 17.2. The molecule has 0 aromatic heterocycles. The van der Waals surface area contributed by atoms with Crippen molar-refractivity contribution >= 4 is 10.0 Å². The Hall–Kier alpha value is -0.870. The van der Waals surface area contributed by atoms with Crippen molar-refractivity contribution in [1.29, 1.82) is 0 Å². The van der Waals surface area contributed by atoms with E-state index in [0.717, 1.165) is 24.0 Å². The second kappa shape index (κ2) is 5.49. The van der Waals surface area contributed by atoms with E-state index in [1.165, 1.54) is 0 Å². The van der Waals surface area contributed by atoms with Crippen LogP contribution in [-0.4, -0.2) is 8.42 Å². The molecule has 0 amide bonds. The van der Waals surface area contributed by atoms with E-state index in [1.54, 1.807) is 6.07 Å².